The predicted octanol–water partition coefficient (Wildman–Crippen LogP) is 4.51. The zero-order chi connectivity index (χ0) is 21.3. The highest BCUT2D eigenvalue weighted by Gasteiger charge is 2.23. The van der Waals surface area contributed by atoms with Crippen LogP contribution in [-0.2, 0) is 4.79 Å². The highest BCUT2D eigenvalue weighted by Crippen LogP contribution is 2.37. The predicted molar refractivity (Wildman–Crippen MR) is 119 cm³/mol. The van der Waals surface area contributed by atoms with Crippen molar-refractivity contribution in [1.29, 1.82) is 0 Å². The van der Waals surface area contributed by atoms with E-state index in [4.69, 9.17) is 18.0 Å². The van der Waals surface area contributed by atoms with Crippen LogP contribution in [0.2, 0.25) is 5.02 Å². The summed E-state index contributed by atoms with van der Waals surface area (Å²) < 4.78 is 14.3. The van der Waals surface area contributed by atoms with Gasteiger partial charge in [0.15, 0.2) is 0 Å². The van der Waals surface area contributed by atoms with Gasteiger partial charge in [-0.3, -0.25) is 9.78 Å². The lowest BCUT2D eigenvalue weighted by Crippen LogP contribution is -2.48. The maximum absolute atomic E-state index is 14.3. The minimum Gasteiger partial charge on any atom is -0.366 e. The van der Waals surface area contributed by atoms with E-state index in [-0.39, 0.29) is 11.7 Å². The maximum Gasteiger partial charge on any atom is 0.246 e. The number of hydrogen-bond acceptors (Lipinski definition) is 3. The molecule has 0 spiro atoms. The Balaban J connectivity index is 1.79. The van der Waals surface area contributed by atoms with Crippen molar-refractivity contribution >= 4 is 34.1 Å². The van der Waals surface area contributed by atoms with Crippen molar-refractivity contribution in [2.75, 3.05) is 31.1 Å². The van der Waals surface area contributed by atoms with Crippen molar-refractivity contribution < 1.29 is 9.18 Å². The lowest BCUT2D eigenvalue weighted by Gasteiger charge is -2.36. The lowest BCUT2D eigenvalue weighted by atomic mass is 10.0. The maximum atomic E-state index is 14.3. The van der Waals surface area contributed by atoms with Gasteiger partial charge in [0.25, 0.3) is 0 Å². The molecule has 4 nitrogen and oxygen atoms in total. The van der Waals surface area contributed by atoms with Gasteiger partial charge in [0.1, 0.15) is 5.82 Å². The summed E-state index contributed by atoms with van der Waals surface area (Å²) in [6.45, 7) is 5.94. The number of halogens is 2. The zero-order valence-corrected chi connectivity index (χ0v) is 17.0. The third kappa shape index (κ3) is 3.51. The number of anilines is 1. The van der Waals surface area contributed by atoms with Gasteiger partial charge in [0.2, 0.25) is 5.91 Å². The van der Waals surface area contributed by atoms with Gasteiger partial charge in [-0.15, -0.1) is 6.42 Å². The van der Waals surface area contributed by atoms with Gasteiger partial charge in [0, 0.05) is 53.9 Å². The van der Waals surface area contributed by atoms with Gasteiger partial charge in [-0.1, -0.05) is 42.3 Å². The van der Waals surface area contributed by atoms with E-state index in [1.54, 1.807) is 41.4 Å². The van der Waals surface area contributed by atoms with Crippen molar-refractivity contribution in [3.05, 3.63) is 71.7 Å². The Morgan fingerprint density at radius 3 is 2.60 bits per heavy atom. The smallest absolute Gasteiger partial charge is 0.246 e. The van der Waals surface area contributed by atoms with Crippen LogP contribution < -0.4 is 4.90 Å². The molecule has 6 heteroatoms. The molecule has 1 aliphatic rings. The van der Waals surface area contributed by atoms with Crippen LogP contribution in [-0.4, -0.2) is 42.0 Å². The molecule has 2 aromatic carbocycles. The van der Waals surface area contributed by atoms with Crippen LogP contribution in [0.15, 0.2) is 55.3 Å². The van der Waals surface area contributed by atoms with Gasteiger partial charge in [-0.25, -0.2) is 4.39 Å². The summed E-state index contributed by atoms with van der Waals surface area (Å²) in [5.74, 6) is 2.28. The molecule has 1 amide bonds. The molecule has 0 atom stereocenters. The van der Waals surface area contributed by atoms with Crippen LogP contribution in [0.1, 0.15) is 5.56 Å². The fourth-order valence-electron chi connectivity index (χ4n) is 3.81. The summed E-state index contributed by atoms with van der Waals surface area (Å²) >= 11 is 6.57. The van der Waals surface area contributed by atoms with E-state index in [0.29, 0.717) is 53.4 Å². The van der Waals surface area contributed by atoms with Crippen molar-refractivity contribution in [1.82, 2.24) is 9.88 Å². The number of fused-ring (bicyclic) bond motifs is 1. The molecular formula is C24H19ClFN3O. The highest BCUT2D eigenvalue weighted by atomic mass is 35.5. The molecule has 0 bridgehead atoms. The average molecular weight is 420 g/mol. The Hall–Kier alpha value is -3.36. The number of rotatable bonds is 3. The normalized spacial score (nSPS) is 13.9. The molecule has 0 N–H and O–H groups in total. The van der Waals surface area contributed by atoms with Gasteiger partial charge < -0.3 is 9.80 Å². The fourth-order valence-corrected chi connectivity index (χ4v) is 4.08. The molecule has 150 valence electrons. The topological polar surface area (TPSA) is 36.4 Å². The summed E-state index contributed by atoms with van der Waals surface area (Å²) in [6, 6.07) is 10.1. The number of benzene rings is 2. The van der Waals surface area contributed by atoms with Crippen LogP contribution in [0, 0.1) is 18.2 Å². The molecule has 0 aliphatic carbocycles. The van der Waals surface area contributed by atoms with Gasteiger partial charge in [-0.2, -0.15) is 0 Å². The van der Waals surface area contributed by atoms with Gasteiger partial charge >= 0.3 is 0 Å². The first-order valence-electron chi connectivity index (χ1n) is 9.53. The van der Waals surface area contributed by atoms with Crippen molar-refractivity contribution in [2.24, 2.45) is 0 Å². The molecule has 0 unspecified atom stereocenters. The largest absolute Gasteiger partial charge is 0.366 e. The molecule has 1 aromatic heterocycles. The first-order chi connectivity index (χ1) is 14.5. The van der Waals surface area contributed by atoms with Crippen LogP contribution in [0.5, 0.6) is 0 Å². The Labute approximate surface area is 179 Å². The first-order valence-corrected chi connectivity index (χ1v) is 9.91. The number of nitrogens with zero attached hydrogens (tertiary/aromatic N) is 3. The second-order valence-electron chi connectivity index (χ2n) is 7.01. The highest BCUT2D eigenvalue weighted by molar-refractivity contribution is 6.34. The molecule has 4 rings (SSSR count). The number of terminal acetylenes is 1. The Morgan fingerprint density at radius 1 is 1.20 bits per heavy atom. The van der Waals surface area contributed by atoms with E-state index in [1.165, 1.54) is 12.1 Å². The van der Waals surface area contributed by atoms with Gasteiger partial charge in [-0.05, 0) is 24.3 Å². The van der Waals surface area contributed by atoms with E-state index < -0.39 is 0 Å². The number of piperazine rings is 1. The second kappa shape index (κ2) is 8.17. The monoisotopic (exact) mass is 419 g/mol. The standard InChI is InChI=1S/C24H19ClFN3O/c1-3-16-15-27-22-14-18(17-7-5-6-8-21(17)26)20(25)13-19(22)24(16)29-11-9-28(10-12-29)23(30)4-2/h1,4-8,13-15H,2,9-12H2. The van der Waals surface area contributed by atoms with Crippen LogP contribution in [0.3, 0.4) is 0 Å². The molecule has 1 fully saturated rings. The summed E-state index contributed by atoms with van der Waals surface area (Å²) in [6.07, 6.45) is 8.73. The van der Waals surface area contributed by atoms with E-state index in [0.717, 1.165) is 11.1 Å². The van der Waals surface area contributed by atoms with Crippen LogP contribution in [0.4, 0.5) is 10.1 Å². The van der Waals surface area contributed by atoms with Crippen LogP contribution >= 0.6 is 11.6 Å². The second-order valence-corrected chi connectivity index (χ2v) is 7.42. The molecule has 3 aromatic rings. The molecule has 2 heterocycles. The molecule has 0 radical (unpaired) electrons. The third-order valence-electron chi connectivity index (χ3n) is 5.33. The van der Waals surface area contributed by atoms with E-state index in [1.807, 2.05) is 0 Å². The van der Waals surface area contributed by atoms with E-state index >= 15 is 0 Å². The summed E-state index contributed by atoms with van der Waals surface area (Å²) in [4.78, 5) is 20.3. The van der Waals surface area contributed by atoms with E-state index in [9.17, 15) is 9.18 Å². The van der Waals surface area contributed by atoms with Crippen molar-refractivity contribution in [3.63, 3.8) is 0 Å². The Kier molecular flexibility index (Phi) is 5.43. The number of aromatic nitrogens is 1. The fraction of sp³-hybridized carbons (Fsp3) is 0.167. The molecular weight excluding hydrogens is 401 g/mol. The number of amides is 1. The Bertz CT molecular complexity index is 1190. The third-order valence-corrected chi connectivity index (χ3v) is 5.64. The zero-order valence-electron chi connectivity index (χ0n) is 16.2. The van der Waals surface area contributed by atoms with E-state index in [2.05, 4.69) is 22.4 Å². The molecule has 1 saturated heterocycles. The Morgan fingerprint density at radius 2 is 1.93 bits per heavy atom. The summed E-state index contributed by atoms with van der Waals surface area (Å²) in [5, 5.41) is 1.23. The molecule has 0 saturated carbocycles. The summed E-state index contributed by atoms with van der Waals surface area (Å²) in [7, 11) is 0. The quantitative estimate of drug-likeness (QED) is 0.463. The average Bonchev–Trinajstić information content (AvgIpc) is 2.78. The first kappa shape index (κ1) is 19.9. The molecule has 30 heavy (non-hydrogen) atoms. The lowest BCUT2D eigenvalue weighted by molar-refractivity contribution is -0.126. The molecule has 1 aliphatic heterocycles. The van der Waals surface area contributed by atoms with Crippen molar-refractivity contribution in [2.45, 2.75) is 0 Å². The number of carbonyl (C=O) groups excluding carboxylic acids is 1. The van der Waals surface area contributed by atoms with Crippen LogP contribution in [0.25, 0.3) is 22.0 Å². The minimum atomic E-state index is -0.345. The SMILES string of the molecule is C#Cc1cnc2cc(-c3ccccc3F)c(Cl)cc2c1N1CCN(C(=O)C=C)CC1. The van der Waals surface area contributed by atoms with Crippen molar-refractivity contribution in [3.8, 4) is 23.5 Å². The minimum absolute atomic E-state index is 0.0796. The number of carbonyl (C=O) groups is 1. The number of pyridine rings is 1. The summed E-state index contributed by atoms with van der Waals surface area (Å²) in [5.41, 5.74) is 3.19. The number of hydrogen-bond donors (Lipinski definition) is 0. The van der Waals surface area contributed by atoms with Gasteiger partial charge in [0.05, 0.1) is 16.8 Å².